The molecule has 0 aliphatic rings. The number of benzene rings is 3. The minimum absolute atomic E-state index is 0.0470. The van der Waals surface area contributed by atoms with E-state index >= 15 is 0 Å². The van der Waals surface area contributed by atoms with Gasteiger partial charge in [-0.2, -0.15) is 0 Å². The van der Waals surface area contributed by atoms with Crippen LogP contribution in [0.25, 0.3) is 10.8 Å². The fourth-order valence-corrected chi connectivity index (χ4v) is 6.09. The van der Waals surface area contributed by atoms with Crippen molar-refractivity contribution in [2.45, 2.75) is 37.8 Å². The number of ether oxygens (including phenoxy) is 1. The van der Waals surface area contributed by atoms with Crippen LogP contribution in [0.1, 0.15) is 36.7 Å². The number of nitrogens with zero attached hydrogens (tertiary/aromatic N) is 3. The maximum absolute atomic E-state index is 13.4. The lowest BCUT2D eigenvalue weighted by Gasteiger charge is -2.27. The summed E-state index contributed by atoms with van der Waals surface area (Å²) in [7, 11) is 4.04. The Labute approximate surface area is 273 Å². The van der Waals surface area contributed by atoms with Crippen molar-refractivity contribution in [3.05, 3.63) is 94.1 Å². The first-order valence-electron chi connectivity index (χ1n) is 14.1. The molecular weight excluding hydrogens is 617 g/mol. The summed E-state index contributed by atoms with van der Waals surface area (Å²) in [4.78, 5) is 33.7. The minimum atomic E-state index is -0.644. The second kappa shape index (κ2) is 15.0. The second-order valence-electron chi connectivity index (χ2n) is 11.5. The first kappa shape index (κ1) is 33.4. The van der Waals surface area contributed by atoms with E-state index < -0.39 is 11.6 Å². The third kappa shape index (κ3) is 9.75. The first-order valence-corrected chi connectivity index (χ1v) is 15.7. The molecule has 8 nitrogen and oxygen atoms in total. The molecule has 11 heteroatoms. The van der Waals surface area contributed by atoms with Gasteiger partial charge in [0.15, 0.2) is 0 Å². The number of aromatic nitrogens is 1. The van der Waals surface area contributed by atoms with Gasteiger partial charge in [-0.15, -0.1) is 0 Å². The topological polar surface area (TPSA) is 86.8 Å². The molecule has 2 N–H and O–H groups in total. The normalized spacial score (nSPS) is 11.5. The number of esters is 1. The Balaban J connectivity index is 1.57. The molecule has 0 aliphatic heterocycles. The number of halogens is 2. The van der Waals surface area contributed by atoms with E-state index in [1.165, 1.54) is 11.9 Å². The largest absolute Gasteiger partial charge is 0.459 e. The minimum Gasteiger partial charge on any atom is -0.459 e. The highest BCUT2D eigenvalue weighted by molar-refractivity contribution is 8.00. The Morgan fingerprint density at radius 3 is 2.32 bits per heavy atom. The third-order valence-corrected chi connectivity index (χ3v) is 7.73. The smallest absolute Gasteiger partial charge is 0.327 e. The number of pyridine rings is 1. The highest BCUT2D eigenvalue weighted by Gasteiger charge is 2.23. The number of rotatable bonds is 12. The van der Waals surface area contributed by atoms with Crippen LogP contribution in [0.4, 0.5) is 11.5 Å². The molecule has 0 radical (unpaired) electrons. The van der Waals surface area contributed by atoms with Crippen LogP contribution >= 0.6 is 35.1 Å². The molecule has 4 aromatic rings. The maximum Gasteiger partial charge on any atom is 0.327 e. The van der Waals surface area contributed by atoms with Gasteiger partial charge in [-0.3, -0.25) is 9.59 Å². The lowest BCUT2D eigenvalue weighted by molar-refractivity contribution is -0.152. The van der Waals surface area contributed by atoms with Crippen LogP contribution in [-0.2, 0) is 16.1 Å². The summed E-state index contributed by atoms with van der Waals surface area (Å²) in [6.45, 7) is 7.46. The van der Waals surface area contributed by atoms with Crippen LogP contribution in [0, 0.1) is 0 Å². The summed E-state index contributed by atoms with van der Waals surface area (Å²) >= 11 is 13.9. The molecule has 0 bridgehead atoms. The van der Waals surface area contributed by atoms with Gasteiger partial charge in [0.2, 0.25) is 0 Å². The van der Waals surface area contributed by atoms with Gasteiger partial charge in [-0.1, -0.05) is 53.5 Å². The maximum atomic E-state index is 13.4. The molecule has 232 valence electrons. The molecule has 0 spiro atoms. The molecule has 0 atom stereocenters. The number of amides is 1. The Bertz CT molecular complexity index is 1590. The standard InChI is InChI=1S/C33H37Cl2N5O3S/c1-33(2,3)43-31(41)21-40(44-25-17-23(34)16-24(35)18-25)29-11-7-8-26-27(29)9-6-10-28(26)32(42)38-20-22-12-13-30(37-19-22)36-14-15-39(4)5/h6-13,16-19H,14-15,20-21H2,1-5H3,(H,36,37)(H,38,42). The van der Waals surface area contributed by atoms with Crippen molar-refractivity contribution in [2.24, 2.45) is 0 Å². The van der Waals surface area contributed by atoms with Gasteiger partial charge in [-0.25, -0.2) is 4.98 Å². The zero-order valence-corrected chi connectivity index (χ0v) is 27.8. The molecule has 0 fully saturated rings. The summed E-state index contributed by atoms with van der Waals surface area (Å²) in [6.07, 6.45) is 1.76. The summed E-state index contributed by atoms with van der Waals surface area (Å²) in [5.41, 5.74) is 1.51. The molecule has 1 amide bonds. The van der Waals surface area contributed by atoms with E-state index in [1.54, 1.807) is 30.5 Å². The van der Waals surface area contributed by atoms with Crippen LogP contribution < -0.4 is 14.9 Å². The summed E-state index contributed by atoms with van der Waals surface area (Å²) in [5, 5.41) is 8.83. The second-order valence-corrected chi connectivity index (χ2v) is 13.4. The van der Waals surface area contributed by atoms with Crippen LogP contribution in [0.3, 0.4) is 0 Å². The lowest BCUT2D eigenvalue weighted by Crippen LogP contribution is -2.31. The summed E-state index contributed by atoms with van der Waals surface area (Å²) < 4.78 is 7.47. The molecule has 0 unspecified atom stereocenters. The van der Waals surface area contributed by atoms with Crippen molar-refractivity contribution in [1.29, 1.82) is 0 Å². The van der Waals surface area contributed by atoms with Gasteiger partial charge in [0.05, 0.1) is 5.69 Å². The average Bonchev–Trinajstić information content (AvgIpc) is 2.94. The van der Waals surface area contributed by atoms with E-state index in [0.717, 1.165) is 45.8 Å². The zero-order chi connectivity index (χ0) is 31.9. The quantitative estimate of drug-likeness (QED) is 0.122. The van der Waals surface area contributed by atoms with E-state index in [9.17, 15) is 9.59 Å². The van der Waals surface area contributed by atoms with E-state index in [0.29, 0.717) is 22.2 Å². The van der Waals surface area contributed by atoms with E-state index in [-0.39, 0.29) is 12.5 Å². The van der Waals surface area contributed by atoms with Gasteiger partial charge < -0.3 is 24.6 Å². The Morgan fingerprint density at radius 1 is 0.955 bits per heavy atom. The number of hydrogen-bond donors (Lipinski definition) is 2. The highest BCUT2D eigenvalue weighted by Crippen LogP contribution is 2.37. The van der Waals surface area contributed by atoms with Crippen molar-refractivity contribution in [1.82, 2.24) is 15.2 Å². The van der Waals surface area contributed by atoms with E-state index in [4.69, 9.17) is 27.9 Å². The molecule has 3 aromatic carbocycles. The SMILES string of the molecule is CN(C)CCNc1ccc(CNC(=O)c2cccc3c(N(CC(=O)OC(C)(C)C)Sc4cc(Cl)cc(Cl)c4)cccc23)cn1. The fraction of sp³-hybridized carbons (Fsp3) is 0.303. The van der Waals surface area contributed by atoms with Crippen molar-refractivity contribution >= 4 is 69.3 Å². The van der Waals surface area contributed by atoms with Gasteiger partial charge in [-0.05, 0) is 94.2 Å². The average molecular weight is 655 g/mol. The van der Waals surface area contributed by atoms with Crippen LogP contribution in [0.2, 0.25) is 10.0 Å². The number of carbonyl (C=O) groups is 2. The van der Waals surface area contributed by atoms with Gasteiger partial charge in [0.1, 0.15) is 18.0 Å². The van der Waals surface area contributed by atoms with Crippen LogP contribution in [-0.4, -0.2) is 61.1 Å². The summed E-state index contributed by atoms with van der Waals surface area (Å²) in [5.74, 6) is 0.183. The summed E-state index contributed by atoms with van der Waals surface area (Å²) in [6, 6.07) is 20.3. The molecule has 44 heavy (non-hydrogen) atoms. The van der Waals surface area contributed by atoms with Gasteiger partial charge in [0, 0.05) is 51.7 Å². The van der Waals surface area contributed by atoms with Crippen molar-refractivity contribution in [3.8, 4) is 0 Å². The van der Waals surface area contributed by atoms with E-state index in [2.05, 4.69) is 20.5 Å². The molecule has 1 aromatic heterocycles. The third-order valence-electron chi connectivity index (χ3n) is 6.30. The number of hydrogen-bond acceptors (Lipinski definition) is 8. The van der Waals surface area contributed by atoms with E-state index in [1.807, 2.05) is 81.6 Å². The molecule has 0 saturated heterocycles. The number of likely N-dealkylation sites (N-methyl/N-ethyl adjacent to an activating group) is 1. The fourth-order valence-electron chi connectivity index (χ4n) is 4.39. The number of anilines is 2. The highest BCUT2D eigenvalue weighted by atomic mass is 35.5. The zero-order valence-electron chi connectivity index (χ0n) is 25.5. The van der Waals surface area contributed by atoms with Crippen molar-refractivity contribution in [2.75, 3.05) is 43.4 Å². The van der Waals surface area contributed by atoms with Crippen molar-refractivity contribution in [3.63, 3.8) is 0 Å². The lowest BCUT2D eigenvalue weighted by atomic mass is 10.0. The predicted octanol–water partition coefficient (Wildman–Crippen LogP) is 7.30. The first-order chi connectivity index (χ1) is 20.9. The molecular formula is C33H37Cl2N5O3S. The molecule has 1 heterocycles. The molecule has 0 aliphatic carbocycles. The Morgan fingerprint density at radius 2 is 1.66 bits per heavy atom. The molecule has 0 saturated carbocycles. The predicted molar refractivity (Wildman–Crippen MR) is 182 cm³/mol. The number of fused-ring (bicyclic) bond motifs is 1. The monoisotopic (exact) mass is 653 g/mol. The number of nitrogens with one attached hydrogen (secondary N) is 2. The molecule has 4 rings (SSSR count). The Hall–Kier alpha value is -3.50. The Kier molecular flexibility index (Phi) is 11.4. The number of carbonyl (C=O) groups excluding carboxylic acids is 2. The van der Waals surface area contributed by atoms with Crippen molar-refractivity contribution < 1.29 is 14.3 Å². The van der Waals surface area contributed by atoms with Crippen LogP contribution in [0.15, 0.2) is 77.8 Å². The van der Waals surface area contributed by atoms with Gasteiger partial charge in [0.25, 0.3) is 5.91 Å². The van der Waals surface area contributed by atoms with Crippen LogP contribution in [0.5, 0.6) is 0 Å². The van der Waals surface area contributed by atoms with Gasteiger partial charge >= 0.3 is 5.97 Å².